The van der Waals surface area contributed by atoms with Gasteiger partial charge in [0.25, 0.3) is 5.91 Å². The van der Waals surface area contributed by atoms with E-state index in [1.54, 1.807) is 18.2 Å². The number of alkyl halides is 2. The van der Waals surface area contributed by atoms with Gasteiger partial charge in [0.05, 0.1) is 0 Å². The highest BCUT2D eigenvalue weighted by Crippen LogP contribution is 2.15. The molecule has 22 heavy (non-hydrogen) atoms. The standard InChI is InChI=1S/C17H17F2NO2/c1-11-3-6-14(9-12(11)2)16(21)20-10-13-4-7-15(8-5-13)22-17(18)19/h3-9,17H,10H2,1-2H3,(H,20,21). The van der Waals surface area contributed by atoms with Crippen LogP contribution < -0.4 is 10.1 Å². The van der Waals surface area contributed by atoms with E-state index in [-0.39, 0.29) is 11.7 Å². The molecule has 2 aromatic carbocycles. The first-order valence-electron chi connectivity index (χ1n) is 6.85. The Bertz CT molecular complexity index is 654. The molecule has 0 fully saturated rings. The van der Waals surface area contributed by atoms with Crippen LogP contribution >= 0.6 is 0 Å². The molecule has 2 aromatic rings. The van der Waals surface area contributed by atoms with E-state index < -0.39 is 6.61 Å². The van der Waals surface area contributed by atoms with Gasteiger partial charge >= 0.3 is 6.61 Å². The van der Waals surface area contributed by atoms with E-state index >= 15 is 0 Å². The molecule has 0 saturated carbocycles. The third-order valence-electron chi connectivity index (χ3n) is 3.37. The molecule has 116 valence electrons. The molecule has 0 aliphatic carbocycles. The monoisotopic (exact) mass is 305 g/mol. The molecule has 1 N–H and O–H groups in total. The lowest BCUT2D eigenvalue weighted by Crippen LogP contribution is -2.22. The average Bonchev–Trinajstić information content (AvgIpc) is 2.48. The molecule has 0 heterocycles. The summed E-state index contributed by atoms with van der Waals surface area (Å²) in [6.07, 6.45) is 0. The fourth-order valence-electron chi connectivity index (χ4n) is 1.96. The van der Waals surface area contributed by atoms with E-state index in [0.717, 1.165) is 16.7 Å². The van der Waals surface area contributed by atoms with Crippen molar-refractivity contribution in [1.29, 1.82) is 0 Å². The zero-order valence-electron chi connectivity index (χ0n) is 12.4. The highest BCUT2D eigenvalue weighted by atomic mass is 19.3. The molecule has 1 amide bonds. The molecule has 5 heteroatoms. The Morgan fingerprint density at radius 3 is 2.36 bits per heavy atom. The summed E-state index contributed by atoms with van der Waals surface area (Å²) < 4.78 is 28.4. The number of ether oxygens (including phenoxy) is 1. The first kappa shape index (κ1) is 15.9. The van der Waals surface area contributed by atoms with Crippen LogP contribution in [0.5, 0.6) is 5.75 Å². The van der Waals surface area contributed by atoms with Gasteiger partial charge in [-0.15, -0.1) is 0 Å². The Balaban J connectivity index is 1.94. The zero-order chi connectivity index (χ0) is 16.1. The molecule has 0 spiro atoms. The second-order valence-electron chi connectivity index (χ2n) is 5.00. The normalized spacial score (nSPS) is 10.6. The second kappa shape index (κ2) is 7.02. The number of benzene rings is 2. The molecule has 0 aliphatic rings. The number of nitrogens with one attached hydrogen (secondary N) is 1. The molecule has 0 radical (unpaired) electrons. The lowest BCUT2D eigenvalue weighted by Gasteiger charge is -2.08. The number of carbonyl (C=O) groups is 1. The maximum Gasteiger partial charge on any atom is 0.387 e. The number of halogens is 2. The van der Waals surface area contributed by atoms with Gasteiger partial charge in [-0.3, -0.25) is 4.79 Å². The van der Waals surface area contributed by atoms with Gasteiger partial charge < -0.3 is 10.1 Å². The molecular weight excluding hydrogens is 288 g/mol. The molecule has 0 bridgehead atoms. The van der Waals surface area contributed by atoms with Crippen LogP contribution in [0.15, 0.2) is 42.5 Å². The summed E-state index contributed by atoms with van der Waals surface area (Å²) in [5.74, 6) is -0.0738. The van der Waals surface area contributed by atoms with Gasteiger partial charge in [-0.1, -0.05) is 18.2 Å². The van der Waals surface area contributed by atoms with Crippen LogP contribution in [0.1, 0.15) is 27.0 Å². The van der Waals surface area contributed by atoms with Crippen molar-refractivity contribution >= 4 is 5.91 Å². The summed E-state index contributed by atoms with van der Waals surface area (Å²) in [5, 5.41) is 2.79. The average molecular weight is 305 g/mol. The predicted molar refractivity (Wildman–Crippen MR) is 80.2 cm³/mol. The van der Waals surface area contributed by atoms with Gasteiger partial charge in [0, 0.05) is 12.1 Å². The summed E-state index contributed by atoms with van der Waals surface area (Å²) in [6.45, 7) is 1.42. The Hall–Kier alpha value is -2.43. The minimum Gasteiger partial charge on any atom is -0.435 e. The van der Waals surface area contributed by atoms with Crippen molar-refractivity contribution in [2.24, 2.45) is 0 Å². The van der Waals surface area contributed by atoms with E-state index in [0.29, 0.717) is 12.1 Å². The van der Waals surface area contributed by atoms with Crippen LogP contribution in [-0.4, -0.2) is 12.5 Å². The Morgan fingerprint density at radius 1 is 1.09 bits per heavy atom. The van der Waals surface area contributed by atoms with E-state index in [2.05, 4.69) is 10.1 Å². The number of aryl methyl sites for hydroxylation is 2. The summed E-state index contributed by atoms with van der Waals surface area (Å²) in [5.41, 5.74) is 3.59. The molecule has 3 nitrogen and oxygen atoms in total. The van der Waals surface area contributed by atoms with E-state index in [4.69, 9.17) is 0 Å². The van der Waals surface area contributed by atoms with Crippen LogP contribution in [0.25, 0.3) is 0 Å². The topological polar surface area (TPSA) is 38.3 Å². The van der Waals surface area contributed by atoms with Crippen molar-refractivity contribution < 1.29 is 18.3 Å². The highest BCUT2D eigenvalue weighted by molar-refractivity contribution is 5.94. The zero-order valence-corrected chi connectivity index (χ0v) is 12.4. The minimum absolute atomic E-state index is 0.0965. The quantitative estimate of drug-likeness (QED) is 0.911. The van der Waals surface area contributed by atoms with Gasteiger partial charge in [0.2, 0.25) is 0 Å². The maximum absolute atomic E-state index is 12.1. The van der Waals surface area contributed by atoms with Crippen molar-refractivity contribution in [3.63, 3.8) is 0 Å². The van der Waals surface area contributed by atoms with Crippen molar-refractivity contribution in [2.75, 3.05) is 0 Å². The van der Waals surface area contributed by atoms with Crippen LogP contribution in [-0.2, 0) is 6.54 Å². The molecule has 2 rings (SSSR count). The summed E-state index contributed by atoms with van der Waals surface area (Å²) in [6, 6.07) is 11.7. The Morgan fingerprint density at radius 2 is 1.77 bits per heavy atom. The lowest BCUT2D eigenvalue weighted by molar-refractivity contribution is -0.0498. The highest BCUT2D eigenvalue weighted by Gasteiger charge is 2.07. The fraction of sp³-hybridized carbons (Fsp3) is 0.235. The lowest BCUT2D eigenvalue weighted by atomic mass is 10.1. The van der Waals surface area contributed by atoms with Crippen molar-refractivity contribution in [1.82, 2.24) is 5.32 Å². The van der Waals surface area contributed by atoms with E-state index in [1.807, 2.05) is 26.0 Å². The third kappa shape index (κ3) is 4.28. The van der Waals surface area contributed by atoms with Gasteiger partial charge in [-0.05, 0) is 54.8 Å². The number of rotatable bonds is 5. The summed E-state index contributed by atoms with van der Waals surface area (Å²) >= 11 is 0. The molecule has 0 saturated heterocycles. The molecule has 0 aliphatic heterocycles. The smallest absolute Gasteiger partial charge is 0.387 e. The fourth-order valence-corrected chi connectivity index (χ4v) is 1.96. The van der Waals surface area contributed by atoms with Gasteiger partial charge in [0.15, 0.2) is 0 Å². The van der Waals surface area contributed by atoms with E-state index in [1.165, 1.54) is 12.1 Å². The second-order valence-corrected chi connectivity index (χ2v) is 5.00. The predicted octanol–water partition coefficient (Wildman–Crippen LogP) is 3.83. The SMILES string of the molecule is Cc1ccc(C(=O)NCc2ccc(OC(F)F)cc2)cc1C. The van der Waals surface area contributed by atoms with Gasteiger partial charge in [-0.25, -0.2) is 0 Å². The Kier molecular flexibility index (Phi) is 5.09. The van der Waals surface area contributed by atoms with Crippen LogP contribution in [0.3, 0.4) is 0 Å². The maximum atomic E-state index is 12.1. The molecule has 0 unspecified atom stereocenters. The number of amides is 1. The minimum atomic E-state index is -2.84. The van der Waals surface area contributed by atoms with Gasteiger partial charge in [-0.2, -0.15) is 8.78 Å². The molecular formula is C17H17F2NO2. The van der Waals surface area contributed by atoms with Crippen molar-refractivity contribution in [3.8, 4) is 5.75 Å². The largest absolute Gasteiger partial charge is 0.435 e. The summed E-state index contributed by atoms with van der Waals surface area (Å²) in [4.78, 5) is 12.1. The van der Waals surface area contributed by atoms with Crippen LogP contribution in [0.2, 0.25) is 0 Å². The molecule has 0 aromatic heterocycles. The van der Waals surface area contributed by atoms with Crippen LogP contribution in [0, 0.1) is 13.8 Å². The first-order valence-corrected chi connectivity index (χ1v) is 6.85. The number of hydrogen-bond donors (Lipinski definition) is 1. The van der Waals surface area contributed by atoms with Crippen LogP contribution in [0.4, 0.5) is 8.78 Å². The first-order chi connectivity index (χ1) is 10.5. The molecule has 0 atom stereocenters. The Labute approximate surface area is 127 Å². The third-order valence-corrected chi connectivity index (χ3v) is 3.37. The number of carbonyl (C=O) groups excluding carboxylic acids is 1. The summed E-state index contributed by atoms with van der Waals surface area (Å²) in [7, 11) is 0. The number of hydrogen-bond acceptors (Lipinski definition) is 2. The van der Waals surface area contributed by atoms with E-state index in [9.17, 15) is 13.6 Å². The van der Waals surface area contributed by atoms with Crippen molar-refractivity contribution in [2.45, 2.75) is 27.0 Å². The van der Waals surface area contributed by atoms with Crippen molar-refractivity contribution in [3.05, 3.63) is 64.7 Å². The van der Waals surface area contributed by atoms with Gasteiger partial charge in [0.1, 0.15) is 5.75 Å².